The van der Waals surface area contributed by atoms with Gasteiger partial charge in [0.05, 0.1) is 17.2 Å². The molecule has 194 valence electrons. The van der Waals surface area contributed by atoms with E-state index in [1.54, 1.807) is 25.7 Å². The number of nitrogens with zero attached hydrogens (tertiary/aromatic N) is 3. The molecule has 1 amide bonds. The maximum absolute atomic E-state index is 14.2. The predicted octanol–water partition coefficient (Wildman–Crippen LogP) is 2.49. The van der Waals surface area contributed by atoms with Crippen LogP contribution in [0.4, 0.5) is 9.18 Å². The summed E-state index contributed by atoms with van der Waals surface area (Å²) in [5.74, 6) is -2.70. The van der Waals surface area contributed by atoms with Gasteiger partial charge in [-0.3, -0.25) is 0 Å². The van der Waals surface area contributed by atoms with Crippen LogP contribution in [-0.4, -0.2) is 69.3 Å². The van der Waals surface area contributed by atoms with Crippen molar-refractivity contribution in [3.8, 4) is 11.8 Å². The number of carbonyl (C=O) groups excluding carboxylic acids is 2. The molecule has 3 rings (SSSR count). The lowest BCUT2D eigenvalue weighted by Gasteiger charge is -2.31. The van der Waals surface area contributed by atoms with Crippen molar-refractivity contribution >= 4 is 18.0 Å². The number of aromatic nitrogens is 2. The zero-order chi connectivity index (χ0) is 26.4. The minimum atomic E-state index is -1.26. The number of carbonyl (C=O) groups is 3. The number of ether oxygens (including phenoxy) is 3. The summed E-state index contributed by atoms with van der Waals surface area (Å²) in [6, 6.07) is 2.14. The van der Waals surface area contributed by atoms with Gasteiger partial charge in [0, 0.05) is 32.4 Å². The lowest BCUT2D eigenvalue weighted by molar-refractivity contribution is -0.136. The highest BCUT2D eigenvalue weighted by Gasteiger charge is 2.27. The van der Waals surface area contributed by atoms with E-state index in [1.165, 1.54) is 18.5 Å². The largest absolute Gasteiger partial charge is 0.478 e. The van der Waals surface area contributed by atoms with Crippen molar-refractivity contribution in [2.45, 2.75) is 58.3 Å². The molecule has 0 aliphatic carbocycles. The molecule has 36 heavy (non-hydrogen) atoms. The molecule has 2 aromatic rings. The lowest BCUT2D eigenvalue weighted by Crippen LogP contribution is -2.42. The second kappa shape index (κ2) is 11.8. The minimum Gasteiger partial charge on any atom is -0.478 e. The van der Waals surface area contributed by atoms with Crippen LogP contribution in [0.15, 0.2) is 24.5 Å². The van der Waals surface area contributed by atoms with Crippen molar-refractivity contribution in [2.75, 3.05) is 13.1 Å². The van der Waals surface area contributed by atoms with E-state index in [9.17, 15) is 18.8 Å². The first-order valence-electron chi connectivity index (χ1n) is 11.5. The average Bonchev–Trinajstić information content (AvgIpc) is 2.82. The van der Waals surface area contributed by atoms with Gasteiger partial charge in [0.2, 0.25) is 11.8 Å². The van der Waals surface area contributed by atoms with Crippen LogP contribution in [0, 0.1) is 12.7 Å². The van der Waals surface area contributed by atoms with Crippen LogP contribution in [0.2, 0.25) is 0 Å². The number of rotatable bonds is 8. The van der Waals surface area contributed by atoms with Gasteiger partial charge in [0.25, 0.3) is 0 Å². The summed E-state index contributed by atoms with van der Waals surface area (Å²) < 4.78 is 30.7. The molecular formula is C24H29FN4O7. The summed E-state index contributed by atoms with van der Waals surface area (Å²) in [5.41, 5.74) is 6.15. The Hall–Kier alpha value is -3.80. The lowest BCUT2D eigenvalue weighted by atomic mass is 10.0. The number of benzene rings is 1. The van der Waals surface area contributed by atoms with Crippen LogP contribution < -0.4 is 15.2 Å². The number of aromatic carboxylic acids is 1. The molecular weight excluding hydrogens is 475 g/mol. The van der Waals surface area contributed by atoms with Gasteiger partial charge in [-0.15, -0.1) is 0 Å². The zero-order valence-electron chi connectivity index (χ0n) is 20.3. The number of nitrogens with two attached hydrogens (primary N) is 1. The van der Waals surface area contributed by atoms with Gasteiger partial charge < -0.3 is 30.0 Å². The van der Waals surface area contributed by atoms with Crippen molar-refractivity contribution in [1.29, 1.82) is 0 Å². The molecule has 1 atom stereocenters. The van der Waals surface area contributed by atoms with Gasteiger partial charge >= 0.3 is 18.0 Å². The summed E-state index contributed by atoms with van der Waals surface area (Å²) in [4.78, 5) is 45.2. The van der Waals surface area contributed by atoms with E-state index in [2.05, 4.69) is 9.97 Å². The molecule has 1 saturated heterocycles. The molecule has 0 saturated carbocycles. The second-order valence-electron chi connectivity index (χ2n) is 8.69. The predicted molar refractivity (Wildman–Crippen MR) is 124 cm³/mol. The van der Waals surface area contributed by atoms with Gasteiger partial charge in [0.1, 0.15) is 24.3 Å². The van der Waals surface area contributed by atoms with Gasteiger partial charge in [-0.05, 0) is 38.5 Å². The third-order valence-electron chi connectivity index (χ3n) is 5.55. The number of esters is 1. The highest BCUT2D eigenvalue weighted by atomic mass is 19.1. The van der Waals surface area contributed by atoms with E-state index in [0.717, 1.165) is 6.07 Å². The number of amides is 1. The Morgan fingerprint density at radius 3 is 2.47 bits per heavy atom. The van der Waals surface area contributed by atoms with Crippen molar-refractivity contribution < 1.29 is 38.1 Å². The van der Waals surface area contributed by atoms with Crippen LogP contribution in [0.1, 0.15) is 48.2 Å². The maximum atomic E-state index is 14.2. The molecule has 2 heterocycles. The summed E-state index contributed by atoms with van der Waals surface area (Å²) in [6.45, 7) is 6.16. The Morgan fingerprint density at radius 1 is 1.19 bits per heavy atom. The summed E-state index contributed by atoms with van der Waals surface area (Å²) in [5, 5.41) is 8.94. The van der Waals surface area contributed by atoms with Crippen molar-refractivity contribution in [1.82, 2.24) is 14.9 Å². The Balaban J connectivity index is 1.58. The third-order valence-corrected chi connectivity index (χ3v) is 5.55. The quantitative estimate of drug-likeness (QED) is 0.512. The standard InChI is InChI=1S/C24H29FN4O7/c1-13(2)34-24(33)29-8-6-17(7-9-29)35-20-14(3)21(28-12-27-20)36-23(32)19(26)11-15-4-5-16(22(30)31)10-18(15)25/h4-5,10,12-13,17,19H,6-9,11,26H2,1-3H3,(H,30,31)/t19-/m0/s1. The molecule has 0 unspecified atom stereocenters. The Bertz CT molecular complexity index is 1120. The fraction of sp³-hybridized carbons (Fsp3) is 0.458. The van der Waals surface area contributed by atoms with Crippen LogP contribution in [0.3, 0.4) is 0 Å². The molecule has 3 N–H and O–H groups in total. The van der Waals surface area contributed by atoms with Crippen LogP contribution in [0.5, 0.6) is 11.8 Å². The highest BCUT2D eigenvalue weighted by molar-refractivity contribution is 5.87. The first-order chi connectivity index (χ1) is 17.0. The normalized spacial score (nSPS) is 14.9. The third kappa shape index (κ3) is 6.87. The first-order valence-corrected chi connectivity index (χ1v) is 11.5. The Kier molecular flexibility index (Phi) is 8.75. The monoisotopic (exact) mass is 504 g/mol. The van der Waals surface area contributed by atoms with E-state index >= 15 is 0 Å². The fourth-order valence-electron chi connectivity index (χ4n) is 3.57. The minimum absolute atomic E-state index is 0.0416. The van der Waals surface area contributed by atoms with Crippen molar-refractivity contribution in [2.24, 2.45) is 5.73 Å². The van der Waals surface area contributed by atoms with Crippen LogP contribution in [-0.2, 0) is 16.0 Å². The van der Waals surface area contributed by atoms with Crippen molar-refractivity contribution in [3.63, 3.8) is 0 Å². The second-order valence-corrected chi connectivity index (χ2v) is 8.69. The molecule has 1 aromatic carbocycles. The molecule has 1 aliphatic heterocycles. The number of halogens is 1. The number of carboxylic acids is 1. The topological polar surface area (TPSA) is 154 Å². The van der Waals surface area contributed by atoms with Crippen LogP contribution >= 0.6 is 0 Å². The smallest absolute Gasteiger partial charge is 0.410 e. The number of piperidine rings is 1. The van der Waals surface area contributed by atoms with Gasteiger partial charge in [-0.2, -0.15) is 0 Å². The van der Waals surface area contributed by atoms with Gasteiger partial charge in [-0.25, -0.2) is 28.7 Å². The number of hydrogen-bond donors (Lipinski definition) is 2. The molecule has 1 aliphatic rings. The summed E-state index contributed by atoms with van der Waals surface area (Å²) >= 11 is 0. The molecule has 1 fully saturated rings. The number of likely N-dealkylation sites (tertiary alicyclic amines) is 1. The zero-order valence-corrected chi connectivity index (χ0v) is 20.3. The average molecular weight is 505 g/mol. The maximum Gasteiger partial charge on any atom is 0.410 e. The Morgan fingerprint density at radius 2 is 1.86 bits per heavy atom. The molecule has 11 nitrogen and oxygen atoms in total. The Labute approximate surface area is 207 Å². The fourth-order valence-corrected chi connectivity index (χ4v) is 3.57. The van der Waals surface area contributed by atoms with Gasteiger partial charge in [-0.1, -0.05) is 6.07 Å². The van der Waals surface area contributed by atoms with Crippen molar-refractivity contribution in [3.05, 3.63) is 47.0 Å². The summed E-state index contributed by atoms with van der Waals surface area (Å²) in [6.07, 6.45) is 1.38. The van der Waals surface area contributed by atoms with E-state index in [-0.39, 0.29) is 47.6 Å². The molecule has 1 aromatic heterocycles. The molecule has 0 radical (unpaired) electrons. The van der Waals surface area contributed by atoms with E-state index in [1.807, 2.05) is 0 Å². The highest BCUT2D eigenvalue weighted by Crippen LogP contribution is 2.26. The summed E-state index contributed by atoms with van der Waals surface area (Å²) in [7, 11) is 0. The van der Waals surface area contributed by atoms with E-state index in [0.29, 0.717) is 31.5 Å². The van der Waals surface area contributed by atoms with E-state index < -0.39 is 23.8 Å². The number of hydrogen-bond acceptors (Lipinski definition) is 9. The first kappa shape index (κ1) is 26.8. The SMILES string of the molecule is Cc1c(OC(=O)[C@@H](N)Cc2ccc(C(=O)O)cc2F)ncnc1OC1CCN(C(=O)OC(C)C)CC1. The van der Waals surface area contributed by atoms with Gasteiger partial charge in [0.15, 0.2) is 0 Å². The number of carboxylic acid groups (broad SMARTS) is 1. The van der Waals surface area contributed by atoms with Crippen LogP contribution in [0.25, 0.3) is 0 Å². The molecule has 0 bridgehead atoms. The van der Waals surface area contributed by atoms with E-state index in [4.69, 9.17) is 25.1 Å². The molecule has 12 heteroatoms. The molecule has 0 spiro atoms.